The first kappa shape index (κ1) is 30.1. The van der Waals surface area contributed by atoms with Crippen LogP contribution in [0.15, 0.2) is 164 Å². The van der Waals surface area contributed by atoms with Crippen LogP contribution in [0.25, 0.3) is 69.2 Å². The van der Waals surface area contributed by atoms with Crippen LogP contribution in [0.3, 0.4) is 0 Å². The van der Waals surface area contributed by atoms with Crippen LogP contribution in [0, 0.1) is 0 Å². The molecule has 0 amide bonds. The number of aromatic nitrogens is 1. The normalized spacial score (nSPS) is 11.5. The molecule has 0 radical (unpaired) electrons. The molecule has 0 saturated carbocycles. The summed E-state index contributed by atoms with van der Waals surface area (Å²) in [5.74, 6) is 0. The minimum Gasteiger partial charge on any atom is -0.398 e. The van der Waals surface area contributed by atoms with E-state index in [-0.39, 0.29) is 0 Å². The van der Waals surface area contributed by atoms with E-state index < -0.39 is 0 Å². The lowest BCUT2D eigenvalue weighted by Gasteiger charge is -2.11. The van der Waals surface area contributed by atoms with Crippen molar-refractivity contribution < 1.29 is 0 Å². The molecule has 0 spiro atoms. The molecule has 0 saturated heterocycles. The van der Waals surface area contributed by atoms with Gasteiger partial charge in [0.1, 0.15) is 0 Å². The van der Waals surface area contributed by atoms with Gasteiger partial charge in [-0.15, -0.1) is 11.3 Å². The average molecular weight is 662 g/mol. The standard InChI is InChI=1S/C33H22N2S.C13H13N/c34-19-20-6-5-7-22(18-20)35-28-10-3-1-9-27(28)32-25-14-12-21-13-15-26-23-8-2-4-11-30(23)36-33(26)31(21)24(25)16-17-29(32)35;14-13-9-5-4-8-12(13)10-11-6-2-1-3-7-11/h1-18H,19,34H2;1-9H,10,14H2. The van der Waals surface area contributed by atoms with E-state index in [0.29, 0.717) is 6.54 Å². The average Bonchev–Trinajstić information content (AvgIpc) is 3.72. The molecular weight excluding hydrogens is 627 g/mol. The number of rotatable bonds is 4. The Balaban J connectivity index is 0.000000202. The molecule has 0 fully saturated rings. The van der Waals surface area contributed by atoms with E-state index in [0.717, 1.165) is 23.4 Å². The van der Waals surface area contributed by atoms with E-state index >= 15 is 0 Å². The highest BCUT2D eigenvalue weighted by atomic mass is 32.1. The SMILES string of the molecule is NCc1cccc(-n2c3ccccc3c3c4ccc5ccc6c7ccccc7sc6c5c4ccc32)c1.Nc1ccccc1Cc1ccccc1. The van der Waals surface area contributed by atoms with Gasteiger partial charge in [-0.05, 0) is 75.7 Å². The van der Waals surface area contributed by atoms with Gasteiger partial charge in [0.05, 0.1) is 11.0 Å². The fourth-order valence-corrected chi connectivity index (χ4v) is 8.76. The van der Waals surface area contributed by atoms with Crippen molar-refractivity contribution in [2.45, 2.75) is 13.0 Å². The summed E-state index contributed by atoms with van der Waals surface area (Å²) >= 11 is 1.90. The summed E-state index contributed by atoms with van der Waals surface area (Å²) in [6, 6.07) is 58.2. The summed E-state index contributed by atoms with van der Waals surface area (Å²) in [5.41, 5.74) is 19.9. The molecule has 10 rings (SSSR count). The Labute approximate surface area is 294 Å². The third kappa shape index (κ3) is 5.09. The van der Waals surface area contributed by atoms with Gasteiger partial charge in [0.15, 0.2) is 0 Å². The van der Waals surface area contributed by atoms with E-state index in [9.17, 15) is 0 Å². The minimum atomic E-state index is 0.533. The van der Waals surface area contributed by atoms with Gasteiger partial charge in [-0.2, -0.15) is 0 Å². The number of anilines is 1. The van der Waals surface area contributed by atoms with Crippen LogP contribution in [0.1, 0.15) is 16.7 Å². The molecule has 0 atom stereocenters. The number of para-hydroxylation sites is 2. The number of thiophene rings is 1. The zero-order valence-electron chi connectivity index (χ0n) is 27.5. The van der Waals surface area contributed by atoms with Crippen LogP contribution in [0.5, 0.6) is 0 Å². The molecule has 0 aliphatic carbocycles. The minimum absolute atomic E-state index is 0.533. The van der Waals surface area contributed by atoms with E-state index in [2.05, 4.69) is 144 Å². The molecule has 8 aromatic carbocycles. The van der Waals surface area contributed by atoms with Crippen LogP contribution in [-0.4, -0.2) is 4.57 Å². The number of hydrogen-bond acceptors (Lipinski definition) is 3. The maximum absolute atomic E-state index is 5.99. The lowest BCUT2D eigenvalue weighted by molar-refractivity contribution is 1.06. The monoisotopic (exact) mass is 661 g/mol. The molecule has 4 heteroatoms. The molecule has 240 valence electrons. The fourth-order valence-electron chi connectivity index (χ4n) is 7.48. The van der Waals surface area contributed by atoms with Gasteiger partial charge in [-0.1, -0.05) is 127 Å². The number of hydrogen-bond donors (Lipinski definition) is 2. The summed E-state index contributed by atoms with van der Waals surface area (Å²) in [7, 11) is 0. The van der Waals surface area contributed by atoms with Crippen molar-refractivity contribution in [3.8, 4) is 5.69 Å². The van der Waals surface area contributed by atoms with Crippen molar-refractivity contribution >= 4 is 80.5 Å². The molecule has 2 aromatic heterocycles. The topological polar surface area (TPSA) is 57.0 Å². The summed E-state index contributed by atoms with van der Waals surface area (Å²) < 4.78 is 5.10. The van der Waals surface area contributed by atoms with Gasteiger partial charge >= 0.3 is 0 Å². The number of nitrogens with two attached hydrogens (primary N) is 2. The molecule has 0 aliphatic rings. The van der Waals surface area contributed by atoms with Gasteiger partial charge < -0.3 is 16.0 Å². The molecule has 2 heterocycles. The molecule has 0 aliphatic heterocycles. The largest absolute Gasteiger partial charge is 0.398 e. The molecule has 3 nitrogen and oxygen atoms in total. The fraction of sp³-hybridized carbons (Fsp3) is 0.0435. The lowest BCUT2D eigenvalue weighted by atomic mass is 9.97. The van der Waals surface area contributed by atoms with Gasteiger partial charge in [0.25, 0.3) is 0 Å². The predicted octanol–water partition coefficient (Wildman–Crippen LogP) is 11.8. The van der Waals surface area contributed by atoms with Crippen LogP contribution in [0.2, 0.25) is 0 Å². The first-order chi connectivity index (χ1) is 24.7. The van der Waals surface area contributed by atoms with Crippen LogP contribution in [0.4, 0.5) is 5.69 Å². The van der Waals surface area contributed by atoms with Crippen LogP contribution < -0.4 is 11.5 Å². The third-order valence-electron chi connectivity index (χ3n) is 9.85. The Hall–Kier alpha value is -5.94. The highest BCUT2D eigenvalue weighted by Crippen LogP contribution is 2.44. The molecule has 0 bridgehead atoms. The second kappa shape index (κ2) is 12.5. The Morgan fingerprint density at radius 2 is 1.18 bits per heavy atom. The van der Waals surface area contributed by atoms with E-state index in [1.807, 2.05) is 35.6 Å². The highest BCUT2D eigenvalue weighted by molar-refractivity contribution is 7.26. The van der Waals surface area contributed by atoms with Crippen molar-refractivity contribution in [3.05, 3.63) is 180 Å². The van der Waals surface area contributed by atoms with Crippen molar-refractivity contribution in [1.29, 1.82) is 0 Å². The Morgan fingerprint density at radius 3 is 2.02 bits per heavy atom. The Bertz CT molecular complexity index is 2840. The predicted molar refractivity (Wildman–Crippen MR) is 217 cm³/mol. The summed E-state index contributed by atoms with van der Waals surface area (Å²) in [6.07, 6.45) is 0.910. The number of fused-ring (bicyclic) bond motifs is 11. The summed E-state index contributed by atoms with van der Waals surface area (Å²) in [5, 5.41) is 10.5. The van der Waals surface area contributed by atoms with E-state index in [1.165, 1.54) is 74.6 Å². The Kier molecular flexibility index (Phi) is 7.54. The van der Waals surface area contributed by atoms with Gasteiger partial charge in [-0.3, -0.25) is 0 Å². The van der Waals surface area contributed by atoms with Crippen LogP contribution >= 0.6 is 11.3 Å². The maximum Gasteiger partial charge on any atom is 0.0547 e. The molecular formula is C46H35N3S. The second-order valence-electron chi connectivity index (χ2n) is 12.8. The first-order valence-electron chi connectivity index (χ1n) is 17.0. The van der Waals surface area contributed by atoms with Gasteiger partial charge in [-0.25, -0.2) is 0 Å². The van der Waals surface area contributed by atoms with Crippen LogP contribution in [-0.2, 0) is 13.0 Å². The van der Waals surface area contributed by atoms with Crippen molar-refractivity contribution in [2.24, 2.45) is 5.73 Å². The van der Waals surface area contributed by atoms with Gasteiger partial charge in [0, 0.05) is 54.3 Å². The Morgan fingerprint density at radius 1 is 0.500 bits per heavy atom. The van der Waals surface area contributed by atoms with E-state index in [1.54, 1.807) is 0 Å². The maximum atomic E-state index is 5.99. The number of benzene rings is 8. The zero-order chi connectivity index (χ0) is 33.6. The third-order valence-corrected chi connectivity index (χ3v) is 11.1. The van der Waals surface area contributed by atoms with Crippen molar-refractivity contribution in [2.75, 3.05) is 5.73 Å². The highest BCUT2D eigenvalue weighted by Gasteiger charge is 2.17. The molecule has 0 unspecified atom stereocenters. The molecule has 50 heavy (non-hydrogen) atoms. The summed E-state index contributed by atoms with van der Waals surface area (Å²) in [4.78, 5) is 0. The smallest absolute Gasteiger partial charge is 0.0547 e. The quantitative estimate of drug-likeness (QED) is 0.146. The van der Waals surface area contributed by atoms with Crippen molar-refractivity contribution in [3.63, 3.8) is 0 Å². The van der Waals surface area contributed by atoms with Crippen molar-refractivity contribution in [1.82, 2.24) is 4.57 Å². The summed E-state index contributed by atoms with van der Waals surface area (Å²) in [6.45, 7) is 0.533. The van der Waals surface area contributed by atoms with Gasteiger partial charge in [0.2, 0.25) is 0 Å². The lowest BCUT2D eigenvalue weighted by Crippen LogP contribution is -1.99. The number of nitrogens with zero attached hydrogens (tertiary/aromatic N) is 1. The van der Waals surface area contributed by atoms with E-state index in [4.69, 9.17) is 11.5 Å². The zero-order valence-corrected chi connectivity index (χ0v) is 28.3. The molecule has 10 aromatic rings. The number of nitrogen functional groups attached to an aromatic ring is 1. The molecule has 4 N–H and O–H groups in total. The second-order valence-corrected chi connectivity index (χ2v) is 13.9. The first-order valence-corrected chi connectivity index (χ1v) is 17.8.